The molecule has 1 heterocycles. The van der Waals surface area contributed by atoms with Crippen molar-refractivity contribution in [2.45, 2.75) is 60.5 Å². The Labute approximate surface area is 122 Å². The second-order valence-electron chi connectivity index (χ2n) is 7.07. The molecule has 0 spiro atoms. The number of pyridine rings is 1. The molecule has 0 bridgehead atoms. The fourth-order valence-electron chi connectivity index (χ4n) is 2.46. The fraction of sp³-hybridized carbons (Fsp3) is 0.647. The molecule has 0 aliphatic heterocycles. The Kier molecular flexibility index (Phi) is 5.73. The second kappa shape index (κ2) is 6.87. The summed E-state index contributed by atoms with van der Waals surface area (Å²) in [6, 6.07) is 1.79. The monoisotopic (exact) mass is 277 g/mol. The summed E-state index contributed by atoms with van der Waals surface area (Å²) in [5, 5.41) is 0. The molecule has 112 valence electrons. The average Bonchev–Trinajstić information content (AvgIpc) is 2.25. The molecule has 1 aromatic heterocycles. The SMILES string of the molecule is CC(CC(=O)c1cncc(OC(C)C)c1)CC(C)(C)C. The Bertz CT molecular complexity index is 447. The lowest BCUT2D eigenvalue weighted by Gasteiger charge is -2.22. The fourth-order valence-corrected chi connectivity index (χ4v) is 2.46. The largest absolute Gasteiger partial charge is 0.489 e. The van der Waals surface area contributed by atoms with E-state index in [1.807, 2.05) is 13.8 Å². The Morgan fingerprint density at radius 2 is 1.90 bits per heavy atom. The molecule has 0 N–H and O–H groups in total. The van der Waals surface area contributed by atoms with Crippen molar-refractivity contribution in [1.82, 2.24) is 4.98 Å². The Morgan fingerprint density at radius 1 is 1.25 bits per heavy atom. The van der Waals surface area contributed by atoms with Crippen LogP contribution in [0.4, 0.5) is 0 Å². The summed E-state index contributed by atoms with van der Waals surface area (Å²) < 4.78 is 5.58. The number of ketones is 1. The molecule has 0 aromatic carbocycles. The van der Waals surface area contributed by atoms with Gasteiger partial charge in [-0.2, -0.15) is 0 Å². The van der Waals surface area contributed by atoms with Crippen LogP contribution in [0.25, 0.3) is 0 Å². The normalized spacial score (nSPS) is 13.3. The smallest absolute Gasteiger partial charge is 0.164 e. The number of nitrogens with zero attached hydrogens (tertiary/aromatic N) is 1. The van der Waals surface area contributed by atoms with E-state index < -0.39 is 0 Å². The summed E-state index contributed by atoms with van der Waals surface area (Å²) in [6.07, 6.45) is 4.95. The molecule has 1 rings (SSSR count). The van der Waals surface area contributed by atoms with Gasteiger partial charge in [0.05, 0.1) is 12.3 Å². The van der Waals surface area contributed by atoms with Gasteiger partial charge in [-0.05, 0) is 37.7 Å². The van der Waals surface area contributed by atoms with Crippen LogP contribution < -0.4 is 4.74 Å². The lowest BCUT2D eigenvalue weighted by atomic mass is 9.83. The van der Waals surface area contributed by atoms with Crippen LogP contribution in [0.2, 0.25) is 0 Å². The van der Waals surface area contributed by atoms with Gasteiger partial charge in [0.15, 0.2) is 5.78 Å². The highest BCUT2D eigenvalue weighted by molar-refractivity contribution is 5.96. The summed E-state index contributed by atoms with van der Waals surface area (Å²) in [7, 11) is 0. The summed E-state index contributed by atoms with van der Waals surface area (Å²) in [5.74, 6) is 1.18. The minimum absolute atomic E-state index is 0.0852. The number of rotatable bonds is 6. The molecule has 0 radical (unpaired) electrons. The molecule has 3 nitrogen and oxygen atoms in total. The summed E-state index contributed by atoms with van der Waals surface area (Å²) in [6.45, 7) is 12.6. The van der Waals surface area contributed by atoms with E-state index in [1.54, 1.807) is 18.5 Å². The van der Waals surface area contributed by atoms with Crippen LogP contribution in [0.3, 0.4) is 0 Å². The van der Waals surface area contributed by atoms with E-state index in [0.717, 1.165) is 6.42 Å². The number of carbonyl (C=O) groups is 1. The summed E-state index contributed by atoms with van der Waals surface area (Å²) in [5.41, 5.74) is 0.893. The zero-order valence-electron chi connectivity index (χ0n) is 13.6. The van der Waals surface area contributed by atoms with Gasteiger partial charge >= 0.3 is 0 Å². The molecule has 0 amide bonds. The number of ether oxygens (including phenoxy) is 1. The third-order valence-electron chi connectivity index (χ3n) is 2.90. The average molecular weight is 277 g/mol. The maximum absolute atomic E-state index is 12.3. The van der Waals surface area contributed by atoms with E-state index in [4.69, 9.17) is 4.74 Å². The van der Waals surface area contributed by atoms with E-state index in [2.05, 4.69) is 32.7 Å². The molecular weight excluding hydrogens is 250 g/mol. The third-order valence-corrected chi connectivity index (χ3v) is 2.90. The molecule has 1 unspecified atom stereocenters. The van der Waals surface area contributed by atoms with Crippen molar-refractivity contribution in [3.8, 4) is 5.75 Å². The standard InChI is InChI=1S/C17H27NO2/c1-12(2)20-15-8-14(10-18-11-15)16(19)7-13(3)9-17(4,5)6/h8,10-13H,7,9H2,1-6H3. The predicted molar refractivity (Wildman–Crippen MR) is 82.2 cm³/mol. The molecule has 1 atom stereocenters. The molecule has 3 heteroatoms. The van der Waals surface area contributed by atoms with Crippen molar-refractivity contribution in [1.29, 1.82) is 0 Å². The van der Waals surface area contributed by atoms with Gasteiger partial charge in [-0.1, -0.05) is 27.7 Å². The van der Waals surface area contributed by atoms with Gasteiger partial charge in [-0.25, -0.2) is 0 Å². The molecule has 1 aromatic rings. The highest BCUT2D eigenvalue weighted by Crippen LogP contribution is 2.27. The maximum Gasteiger partial charge on any atom is 0.164 e. The van der Waals surface area contributed by atoms with Gasteiger partial charge < -0.3 is 4.74 Å². The number of hydrogen-bond acceptors (Lipinski definition) is 3. The molecule has 0 fully saturated rings. The van der Waals surface area contributed by atoms with E-state index in [-0.39, 0.29) is 17.3 Å². The van der Waals surface area contributed by atoms with Crippen LogP contribution in [0.1, 0.15) is 64.7 Å². The molecule has 0 aliphatic carbocycles. The van der Waals surface area contributed by atoms with Crippen molar-refractivity contribution >= 4 is 5.78 Å². The quantitative estimate of drug-likeness (QED) is 0.718. The maximum atomic E-state index is 12.3. The summed E-state index contributed by atoms with van der Waals surface area (Å²) in [4.78, 5) is 16.4. The van der Waals surface area contributed by atoms with E-state index in [9.17, 15) is 4.79 Å². The van der Waals surface area contributed by atoms with Gasteiger partial charge in [-0.15, -0.1) is 0 Å². The first-order valence-corrected chi connectivity index (χ1v) is 7.32. The number of Topliss-reactive ketones (excluding diaryl/α,β-unsaturated/α-hetero) is 1. The minimum Gasteiger partial charge on any atom is -0.489 e. The molecule has 0 saturated heterocycles. The van der Waals surface area contributed by atoms with Crippen LogP contribution in [0.5, 0.6) is 5.75 Å². The van der Waals surface area contributed by atoms with E-state index in [1.165, 1.54) is 0 Å². The van der Waals surface area contributed by atoms with Crippen LogP contribution in [-0.4, -0.2) is 16.9 Å². The minimum atomic E-state index is 0.0852. The van der Waals surface area contributed by atoms with Crippen LogP contribution >= 0.6 is 0 Å². The van der Waals surface area contributed by atoms with Crippen molar-refractivity contribution in [3.05, 3.63) is 24.0 Å². The van der Waals surface area contributed by atoms with Gasteiger partial charge in [0.2, 0.25) is 0 Å². The molecular formula is C17H27NO2. The molecule has 0 aliphatic rings. The van der Waals surface area contributed by atoms with Crippen LogP contribution in [0.15, 0.2) is 18.5 Å². The van der Waals surface area contributed by atoms with Crippen LogP contribution in [-0.2, 0) is 0 Å². The molecule has 20 heavy (non-hydrogen) atoms. The van der Waals surface area contributed by atoms with Crippen molar-refractivity contribution < 1.29 is 9.53 Å². The Hall–Kier alpha value is -1.38. The highest BCUT2D eigenvalue weighted by atomic mass is 16.5. The van der Waals surface area contributed by atoms with Gasteiger partial charge in [0, 0.05) is 18.2 Å². The van der Waals surface area contributed by atoms with E-state index in [0.29, 0.717) is 23.7 Å². The lowest BCUT2D eigenvalue weighted by Crippen LogP contribution is -2.14. The van der Waals surface area contributed by atoms with Crippen molar-refractivity contribution in [2.75, 3.05) is 0 Å². The predicted octanol–water partition coefficient (Wildman–Crippen LogP) is 4.51. The van der Waals surface area contributed by atoms with E-state index >= 15 is 0 Å². The third kappa shape index (κ3) is 6.18. The van der Waals surface area contributed by atoms with Crippen LogP contribution in [0, 0.1) is 11.3 Å². The van der Waals surface area contributed by atoms with Gasteiger partial charge in [-0.3, -0.25) is 9.78 Å². The number of aromatic nitrogens is 1. The molecule has 0 saturated carbocycles. The highest BCUT2D eigenvalue weighted by Gasteiger charge is 2.19. The zero-order valence-corrected chi connectivity index (χ0v) is 13.6. The first-order chi connectivity index (χ1) is 9.17. The Morgan fingerprint density at radius 3 is 2.45 bits per heavy atom. The number of hydrogen-bond donors (Lipinski definition) is 0. The van der Waals surface area contributed by atoms with Gasteiger partial charge in [0.25, 0.3) is 0 Å². The van der Waals surface area contributed by atoms with Gasteiger partial charge in [0.1, 0.15) is 5.75 Å². The second-order valence-corrected chi connectivity index (χ2v) is 7.07. The lowest BCUT2D eigenvalue weighted by molar-refractivity contribution is 0.0953. The van der Waals surface area contributed by atoms with Crippen molar-refractivity contribution in [3.63, 3.8) is 0 Å². The number of carbonyl (C=O) groups excluding carboxylic acids is 1. The first-order valence-electron chi connectivity index (χ1n) is 7.32. The topological polar surface area (TPSA) is 39.2 Å². The van der Waals surface area contributed by atoms with Crippen molar-refractivity contribution in [2.24, 2.45) is 11.3 Å². The first kappa shape index (κ1) is 16.7. The zero-order chi connectivity index (χ0) is 15.3. The summed E-state index contributed by atoms with van der Waals surface area (Å²) >= 11 is 0. The Balaban J connectivity index is 2.68.